The van der Waals surface area contributed by atoms with Gasteiger partial charge in [-0.05, 0) is 36.4 Å². The van der Waals surface area contributed by atoms with Crippen LogP contribution in [0.2, 0.25) is 5.02 Å². The highest BCUT2D eigenvalue weighted by Crippen LogP contribution is 2.58. The molecular formula is C19H13ClFN2O5P. The Morgan fingerprint density at radius 3 is 2.55 bits per heavy atom. The number of nitrogens with zero attached hydrogens (tertiary/aromatic N) is 2. The summed E-state index contributed by atoms with van der Waals surface area (Å²) in [4.78, 5) is 10.3. The topological polar surface area (TPSA) is 81.9 Å². The molecule has 10 heteroatoms. The average molecular weight is 435 g/mol. The van der Waals surface area contributed by atoms with E-state index in [0.717, 1.165) is 11.6 Å². The molecule has 0 N–H and O–H groups in total. The molecule has 3 aromatic carbocycles. The van der Waals surface area contributed by atoms with Crippen LogP contribution in [0.1, 0.15) is 5.56 Å². The monoisotopic (exact) mass is 434 g/mol. The molecule has 0 aromatic heterocycles. The first-order valence-electron chi connectivity index (χ1n) is 8.40. The standard InChI is InChI=1S/C19H13ClFN2O5P/c20-17-11-15(7-10-18(17)21)22-12-13-3-1-2-4-19(13)28-29(22,26)27-16-8-5-14(6-9-16)23(24)25/h1-11H,12H2. The second-order valence-electron chi connectivity index (χ2n) is 6.17. The summed E-state index contributed by atoms with van der Waals surface area (Å²) in [7, 11) is -3.99. The number of anilines is 1. The highest BCUT2D eigenvalue weighted by molar-refractivity contribution is 7.56. The summed E-state index contributed by atoms with van der Waals surface area (Å²) in [6, 6.07) is 16.1. The SMILES string of the molecule is O=[N+]([O-])c1ccc(OP2(=O)Oc3ccccc3CN2c2ccc(F)c(Cl)c2)cc1. The van der Waals surface area contributed by atoms with Gasteiger partial charge in [0.2, 0.25) is 0 Å². The van der Waals surface area contributed by atoms with Gasteiger partial charge in [0.05, 0.1) is 22.2 Å². The second kappa shape index (κ2) is 7.39. The number of benzene rings is 3. The van der Waals surface area contributed by atoms with Gasteiger partial charge in [-0.15, -0.1) is 0 Å². The molecule has 1 unspecified atom stereocenters. The summed E-state index contributed by atoms with van der Waals surface area (Å²) in [5.74, 6) is -0.0985. The fourth-order valence-electron chi connectivity index (χ4n) is 2.85. The fraction of sp³-hybridized carbons (Fsp3) is 0.0526. The Morgan fingerprint density at radius 1 is 1.14 bits per heavy atom. The molecule has 1 aliphatic heterocycles. The fourth-order valence-corrected chi connectivity index (χ4v) is 4.81. The van der Waals surface area contributed by atoms with E-state index in [0.29, 0.717) is 11.4 Å². The molecule has 29 heavy (non-hydrogen) atoms. The lowest BCUT2D eigenvalue weighted by Crippen LogP contribution is -2.29. The number of hydrogen-bond acceptors (Lipinski definition) is 5. The predicted molar refractivity (Wildman–Crippen MR) is 106 cm³/mol. The van der Waals surface area contributed by atoms with E-state index in [9.17, 15) is 19.1 Å². The second-order valence-corrected chi connectivity index (χ2v) is 8.36. The van der Waals surface area contributed by atoms with Crippen molar-refractivity contribution in [2.24, 2.45) is 0 Å². The van der Waals surface area contributed by atoms with E-state index in [1.54, 1.807) is 12.1 Å². The van der Waals surface area contributed by atoms with Crippen molar-refractivity contribution >= 4 is 30.7 Å². The van der Waals surface area contributed by atoms with Gasteiger partial charge in [-0.2, -0.15) is 0 Å². The average Bonchev–Trinajstić information content (AvgIpc) is 2.70. The zero-order chi connectivity index (χ0) is 20.6. The molecule has 1 atom stereocenters. The van der Waals surface area contributed by atoms with E-state index in [2.05, 4.69) is 0 Å². The molecule has 4 rings (SSSR count). The van der Waals surface area contributed by atoms with Crippen LogP contribution in [0.3, 0.4) is 0 Å². The van der Waals surface area contributed by atoms with Crippen molar-refractivity contribution in [1.29, 1.82) is 0 Å². The van der Waals surface area contributed by atoms with E-state index in [1.165, 1.54) is 41.1 Å². The van der Waals surface area contributed by atoms with Crippen molar-refractivity contribution in [3.63, 3.8) is 0 Å². The molecule has 0 radical (unpaired) electrons. The third-order valence-corrected chi connectivity index (χ3v) is 6.39. The lowest BCUT2D eigenvalue weighted by Gasteiger charge is -2.36. The van der Waals surface area contributed by atoms with Crippen LogP contribution in [-0.4, -0.2) is 4.92 Å². The summed E-state index contributed by atoms with van der Waals surface area (Å²) in [6.07, 6.45) is 0. The molecule has 1 aliphatic rings. The van der Waals surface area contributed by atoms with Gasteiger partial charge in [0.15, 0.2) is 0 Å². The largest absolute Gasteiger partial charge is 0.544 e. The van der Waals surface area contributed by atoms with Crippen LogP contribution in [0.4, 0.5) is 15.8 Å². The third-order valence-electron chi connectivity index (χ3n) is 4.27. The van der Waals surface area contributed by atoms with E-state index < -0.39 is 18.5 Å². The maximum Gasteiger partial charge on any atom is 0.544 e. The number of rotatable bonds is 4. The lowest BCUT2D eigenvalue weighted by molar-refractivity contribution is -0.384. The number of para-hydroxylation sites is 1. The van der Waals surface area contributed by atoms with Crippen LogP contribution in [0, 0.1) is 15.9 Å². The van der Waals surface area contributed by atoms with Crippen molar-refractivity contribution in [2.45, 2.75) is 6.54 Å². The van der Waals surface area contributed by atoms with Crippen molar-refractivity contribution < 1.29 is 22.9 Å². The van der Waals surface area contributed by atoms with E-state index in [4.69, 9.17) is 20.6 Å². The Labute approximate surface area is 170 Å². The van der Waals surface area contributed by atoms with Crippen LogP contribution < -0.4 is 13.7 Å². The molecule has 3 aromatic rings. The smallest absolute Gasteiger partial charge is 0.400 e. The lowest BCUT2D eigenvalue weighted by atomic mass is 10.2. The van der Waals surface area contributed by atoms with Gasteiger partial charge in [0.25, 0.3) is 5.69 Å². The zero-order valence-corrected chi connectivity index (χ0v) is 16.3. The molecule has 1 heterocycles. The summed E-state index contributed by atoms with van der Waals surface area (Å²) < 4.78 is 40.1. The predicted octanol–water partition coefficient (Wildman–Crippen LogP) is 5.97. The van der Waals surface area contributed by atoms with Crippen molar-refractivity contribution in [3.05, 3.63) is 93.2 Å². The van der Waals surface area contributed by atoms with Crippen molar-refractivity contribution in [3.8, 4) is 11.5 Å². The normalized spacial score (nSPS) is 17.9. The molecule has 0 bridgehead atoms. The molecular weight excluding hydrogens is 422 g/mol. The maximum atomic E-state index is 13.7. The molecule has 0 aliphatic carbocycles. The highest BCUT2D eigenvalue weighted by Gasteiger charge is 2.42. The minimum absolute atomic E-state index is 0.122. The molecule has 0 saturated carbocycles. The van der Waals surface area contributed by atoms with Gasteiger partial charge in [-0.1, -0.05) is 29.8 Å². The summed E-state index contributed by atoms with van der Waals surface area (Å²) in [5, 5.41) is 10.7. The van der Waals surface area contributed by atoms with Crippen LogP contribution in [-0.2, 0) is 11.1 Å². The van der Waals surface area contributed by atoms with E-state index in [1.807, 2.05) is 12.1 Å². The van der Waals surface area contributed by atoms with Crippen LogP contribution in [0.15, 0.2) is 66.7 Å². The highest BCUT2D eigenvalue weighted by atomic mass is 35.5. The van der Waals surface area contributed by atoms with Crippen LogP contribution in [0.5, 0.6) is 11.5 Å². The quantitative estimate of drug-likeness (QED) is 0.286. The molecule has 0 spiro atoms. The first kappa shape index (κ1) is 19.2. The van der Waals surface area contributed by atoms with Gasteiger partial charge in [-0.25, -0.2) is 8.96 Å². The minimum atomic E-state index is -3.99. The van der Waals surface area contributed by atoms with Gasteiger partial charge < -0.3 is 9.05 Å². The number of non-ortho nitro benzene ring substituents is 1. The Hall–Kier alpha value is -3.09. The summed E-state index contributed by atoms with van der Waals surface area (Å²) in [6.45, 7) is 0.169. The maximum absolute atomic E-state index is 13.7. The zero-order valence-electron chi connectivity index (χ0n) is 14.7. The van der Waals surface area contributed by atoms with Gasteiger partial charge in [0.1, 0.15) is 17.3 Å². The number of nitro benzene ring substituents is 1. The number of nitro groups is 1. The van der Waals surface area contributed by atoms with E-state index >= 15 is 0 Å². The molecule has 0 amide bonds. The van der Waals surface area contributed by atoms with Crippen molar-refractivity contribution in [1.82, 2.24) is 0 Å². The molecule has 0 fully saturated rings. The Morgan fingerprint density at radius 2 is 1.86 bits per heavy atom. The van der Waals surface area contributed by atoms with Gasteiger partial charge in [0, 0.05) is 17.7 Å². The van der Waals surface area contributed by atoms with E-state index in [-0.39, 0.29) is 23.0 Å². The number of fused-ring (bicyclic) bond motifs is 1. The molecule has 7 nitrogen and oxygen atoms in total. The Balaban J connectivity index is 1.75. The molecule has 0 saturated heterocycles. The summed E-state index contributed by atoms with van der Waals surface area (Å²) in [5.41, 5.74) is 0.968. The number of hydrogen-bond donors (Lipinski definition) is 0. The van der Waals surface area contributed by atoms with Crippen molar-refractivity contribution in [2.75, 3.05) is 4.67 Å². The first-order valence-corrected chi connectivity index (χ1v) is 10.3. The first-order chi connectivity index (χ1) is 13.9. The minimum Gasteiger partial charge on any atom is -0.400 e. The molecule has 148 valence electrons. The Kier molecular flexibility index (Phi) is 4.90. The van der Waals surface area contributed by atoms with Gasteiger partial charge >= 0.3 is 7.75 Å². The number of halogens is 2. The summed E-state index contributed by atoms with van der Waals surface area (Å²) >= 11 is 5.90. The Bertz CT molecular complexity index is 1140. The van der Waals surface area contributed by atoms with Gasteiger partial charge in [-0.3, -0.25) is 14.8 Å². The van der Waals surface area contributed by atoms with Crippen LogP contribution in [0.25, 0.3) is 0 Å². The third kappa shape index (κ3) is 3.77. The van der Waals surface area contributed by atoms with Crippen LogP contribution >= 0.6 is 19.3 Å².